The molecule has 0 amide bonds. The first-order valence-electron chi connectivity index (χ1n) is 14.7. The summed E-state index contributed by atoms with van der Waals surface area (Å²) in [5, 5.41) is 0. The lowest BCUT2D eigenvalue weighted by Crippen LogP contribution is -2.14. The molecule has 0 saturated heterocycles. The van der Waals surface area contributed by atoms with E-state index in [1.54, 1.807) is 0 Å². The molecule has 0 heterocycles. The van der Waals surface area contributed by atoms with E-state index in [1.807, 2.05) is 7.11 Å². The van der Waals surface area contributed by atoms with Gasteiger partial charge < -0.3 is 9.29 Å². The molecule has 0 bridgehead atoms. The largest absolute Gasteiger partial charge is 0.726 e. The first kappa shape index (κ1) is 37.4. The molecule has 35 heavy (non-hydrogen) atoms. The van der Waals surface area contributed by atoms with Crippen LogP contribution >= 0.6 is 7.26 Å². The number of hydrogen-bond donors (Lipinski definition) is 0. The molecule has 0 aliphatic heterocycles. The van der Waals surface area contributed by atoms with E-state index in [4.69, 9.17) is 4.74 Å². The van der Waals surface area contributed by atoms with Crippen molar-refractivity contribution in [3.05, 3.63) is 0 Å². The molecule has 0 spiro atoms. The Morgan fingerprint density at radius 1 is 0.571 bits per heavy atom. The fourth-order valence-corrected chi connectivity index (χ4v) is 9.08. The van der Waals surface area contributed by atoms with Crippen molar-refractivity contribution in [2.45, 2.75) is 143 Å². The Morgan fingerprint density at radius 3 is 1.26 bits per heavy atom. The summed E-state index contributed by atoms with van der Waals surface area (Å²) in [4.78, 5) is 0. The zero-order valence-corrected chi connectivity index (χ0v) is 25.9. The Kier molecular flexibility index (Phi) is 29.2. The number of rotatable bonds is 25. The van der Waals surface area contributed by atoms with Gasteiger partial charge in [0.25, 0.3) is 0 Å². The third-order valence-electron chi connectivity index (χ3n) is 6.59. The van der Waals surface area contributed by atoms with Crippen LogP contribution in [0.3, 0.4) is 0 Å². The van der Waals surface area contributed by atoms with Crippen LogP contribution < -0.4 is 0 Å². The highest BCUT2D eigenvalue weighted by atomic mass is 32.3. The maximum absolute atomic E-state index is 9.99. The van der Waals surface area contributed by atoms with Crippen molar-refractivity contribution >= 4 is 17.7 Å². The van der Waals surface area contributed by atoms with Crippen LogP contribution in [-0.2, 0) is 19.3 Å². The summed E-state index contributed by atoms with van der Waals surface area (Å²) in [6.45, 7) is 9.10. The van der Waals surface area contributed by atoms with Crippen molar-refractivity contribution in [3.63, 3.8) is 0 Å². The zero-order chi connectivity index (χ0) is 26.7. The quantitative estimate of drug-likeness (QED) is 0.0499. The first-order chi connectivity index (χ1) is 16.8. The molecule has 0 rings (SSSR count). The molecular weight excluding hydrogens is 479 g/mol. The van der Waals surface area contributed by atoms with Crippen molar-refractivity contribution in [1.29, 1.82) is 0 Å². The van der Waals surface area contributed by atoms with Crippen LogP contribution in [0.15, 0.2) is 0 Å². The maximum atomic E-state index is 9.99. The van der Waals surface area contributed by atoms with E-state index in [2.05, 4.69) is 31.9 Å². The van der Waals surface area contributed by atoms with Gasteiger partial charge >= 0.3 is 0 Å². The van der Waals surface area contributed by atoms with Gasteiger partial charge in [-0.05, 0) is 44.9 Å². The number of unbranched alkanes of at least 4 members (excludes halogenated alkanes) is 14. The lowest BCUT2D eigenvalue weighted by molar-refractivity contribution is 0.252. The van der Waals surface area contributed by atoms with Gasteiger partial charge in [0.15, 0.2) is 6.35 Å². The molecule has 0 radical (unpaired) electrons. The van der Waals surface area contributed by atoms with Crippen LogP contribution in [0.1, 0.15) is 143 Å². The standard InChI is InChI=1S/C20H44OP.C8H18O4S/c1-5-8-11-14-17-22(20-21-4,18-15-12-9-6-2)19-16-13-10-7-3;1-2-3-4-5-6-7-8-12-13(9,10)11/h5-20H2,1-4H3;2-8H2,1H3,(H,9,10,11)/q+1;/p-1. The number of methoxy groups -OCH3 is 1. The SMILES string of the molecule is CCCCCCCCOS(=O)(=O)[O-].CCCCCC[P+](CCCCCC)(CCCCCC)COC. The summed E-state index contributed by atoms with van der Waals surface area (Å²) < 4.78 is 39.7. The Labute approximate surface area is 221 Å². The second-order valence-electron chi connectivity index (χ2n) is 10.1. The van der Waals surface area contributed by atoms with E-state index in [9.17, 15) is 13.0 Å². The molecule has 0 saturated carbocycles. The van der Waals surface area contributed by atoms with Crippen molar-refractivity contribution in [2.24, 2.45) is 0 Å². The molecule has 0 unspecified atom stereocenters. The molecule has 7 heteroatoms. The van der Waals surface area contributed by atoms with Gasteiger partial charge in [0.05, 0.1) is 25.1 Å². The molecular formula is C28H61O5PS. The highest BCUT2D eigenvalue weighted by molar-refractivity contribution is 7.80. The van der Waals surface area contributed by atoms with Crippen LogP contribution in [0.25, 0.3) is 0 Å². The van der Waals surface area contributed by atoms with E-state index in [1.165, 1.54) is 115 Å². The molecule has 0 aromatic rings. The lowest BCUT2D eigenvalue weighted by atomic mass is 10.1. The predicted molar refractivity (Wildman–Crippen MR) is 155 cm³/mol. The minimum absolute atomic E-state index is 0.0258. The van der Waals surface area contributed by atoms with Gasteiger partial charge in [-0.25, -0.2) is 8.42 Å². The Hall–Kier alpha value is 0.260. The van der Waals surface area contributed by atoms with Crippen molar-refractivity contribution in [3.8, 4) is 0 Å². The zero-order valence-electron chi connectivity index (χ0n) is 24.2. The van der Waals surface area contributed by atoms with Gasteiger partial charge in [-0.3, -0.25) is 4.18 Å². The third kappa shape index (κ3) is 28.7. The number of hydrogen-bond acceptors (Lipinski definition) is 5. The fraction of sp³-hybridized carbons (Fsp3) is 1.00. The van der Waals surface area contributed by atoms with Crippen molar-refractivity contribution in [1.82, 2.24) is 0 Å². The van der Waals surface area contributed by atoms with Gasteiger partial charge in [-0.15, -0.1) is 0 Å². The first-order valence-corrected chi connectivity index (χ1v) is 18.6. The normalized spacial score (nSPS) is 11.9. The minimum Gasteiger partial charge on any atom is -0.726 e. The van der Waals surface area contributed by atoms with Gasteiger partial charge in [0.2, 0.25) is 10.4 Å². The minimum atomic E-state index is -4.47. The van der Waals surface area contributed by atoms with Gasteiger partial charge in [0.1, 0.15) is 0 Å². The summed E-state index contributed by atoms with van der Waals surface area (Å²) in [6.07, 6.45) is 28.8. The van der Waals surface area contributed by atoms with Gasteiger partial charge in [0, 0.05) is 14.4 Å². The number of ether oxygens (including phenoxy) is 1. The summed E-state index contributed by atoms with van der Waals surface area (Å²) in [5.41, 5.74) is 0. The van der Waals surface area contributed by atoms with Crippen LogP contribution in [0, 0.1) is 0 Å². The highest BCUT2D eigenvalue weighted by Gasteiger charge is 2.35. The second-order valence-corrected chi connectivity index (χ2v) is 15.4. The fourth-order valence-electron chi connectivity index (χ4n) is 4.47. The molecule has 0 fully saturated rings. The van der Waals surface area contributed by atoms with E-state index < -0.39 is 17.7 Å². The average molecular weight is 541 g/mol. The van der Waals surface area contributed by atoms with Crippen LogP contribution in [0.4, 0.5) is 0 Å². The lowest BCUT2D eigenvalue weighted by Gasteiger charge is -2.27. The van der Waals surface area contributed by atoms with E-state index in [-0.39, 0.29) is 6.61 Å². The molecule has 0 N–H and O–H groups in total. The molecule has 0 aliphatic carbocycles. The maximum Gasteiger partial charge on any atom is 0.217 e. The summed E-state index contributed by atoms with van der Waals surface area (Å²) in [5.74, 6) is 0. The second kappa shape index (κ2) is 27.3. The Morgan fingerprint density at radius 2 is 0.914 bits per heavy atom. The Balaban J connectivity index is 0. The molecule has 0 aromatic carbocycles. The van der Waals surface area contributed by atoms with E-state index in [0.29, 0.717) is 6.42 Å². The summed E-state index contributed by atoms with van der Waals surface area (Å²) in [6, 6.07) is 0. The van der Waals surface area contributed by atoms with Crippen LogP contribution in [0.2, 0.25) is 0 Å². The molecule has 5 nitrogen and oxygen atoms in total. The molecule has 0 atom stereocenters. The van der Waals surface area contributed by atoms with Crippen molar-refractivity contribution in [2.75, 3.05) is 38.6 Å². The topological polar surface area (TPSA) is 75.7 Å². The van der Waals surface area contributed by atoms with E-state index in [0.717, 1.165) is 19.2 Å². The van der Waals surface area contributed by atoms with Crippen LogP contribution in [0.5, 0.6) is 0 Å². The summed E-state index contributed by atoms with van der Waals surface area (Å²) in [7, 11) is -3.38. The molecule has 0 aromatic heterocycles. The predicted octanol–water partition coefficient (Wildman–Crippen LogP) is 9.17. The third-order valence-corrected chi connectivity index (χ3v) is 11.6. The smallest absolute Gasteiger partial charge is 0.217 e. The van der Waals surface area contributed by atoms with Gasteiger partial charge in [-0.1, -0.05) is 98.3 Å². The van der Waals surface area contributed by atoms with Crippen molar-refractivity contribution < 1.29 is 21.9 Å². The average Bonchev–Trinajstić information content (AvgIpc) is 2.82. The van der Waals surface area contributed by atoms with E-state index >= 15 is 0 Å². The van der Waals surface area contributed by atoms with Gasteiger partial charge in [-0.2, -0.15) is 0 Å². The monoisotopic (exact) mass is 540 g/mol. The highest BCUT2D eigenvalue weighted by Crippen LogP contribution is 2.60. The van der Waals surface area contributed by atoms with Crippen LogP contribution in [-0.4, -0.2) is 51.5 Å². The molecule has 0 aliphatic rings. The molecule has 214 valence electrons. The Bertz CT molecular complexity index is 482. The summed E-state index contributed by atoms with van der Waals surface area (Å²) >= 11 is 0.